The highest BCUT2D eigenvalue weighted by Gasteiger charge is 2.17. The molecule has 0 aliphatic carbocycles. The first kappa shape index (κ1) is 20.3. The maximum absolute atomic E-state index is 14.2. The molecule has 3 aromatic rings. The summed E-state index contributed by atoms with van der Waals surface area (Å²) in [6.07, 6.45) is 4.71. The SMILES string of the molecule is O=C(O)CCCOc1ccc(S(=O)(=O)Nc2ccc(-n3cccn3)nc2)cc1F. The van der Waals surface area contributed by atoms with Crippen LogP contribution in [0.15, 0.2) is 59.9 Å². The van der Waals surface area contributed by atoms with Crippen LogP contribution in [0.5, 0.6) is 5.75 Å². The predicted octanol–water partition coefficient (Wildman–Crippen LogP) is 2.45. The van der Waals surface area contributed by atoms with Crippen molar-refractivity contribution < 1.29 is 27.4 Å². The Bertz CT molecular complexity index is 1090. The fraction of sp³-hybridized carbons (Fsp3) is 0.167. The smallest absolute Gasteiger partial charge is 0.303 e. The molecule has 0 radical (unpaired) electrons. The van der Waals surface area contributed by atoms with E-state index in [2.05, 4.69) is 14.8 Å². The van der Waals surface area contributed by atoms with Crippen LogP contribution in [0, 0.1) is 5.82 Å². The number of halogens is 1. The topological polar surface area (TPSA) is 123 Å². The summed E-state index contributed by atoms with van der Waals surface area (Å²) in [6, 6.07) is 8.04. The summed E-state index contributed by atoms with van der Waals surface area (Å²) >= 11 is 0. The van der Waals surface area contributed by atoms with Gasteiger partial charge in [0.25, 0.3) is 10.0 Å². The summed E-state index contributed by atoms with van der Waals surface area (Å²) in [4.78, 5) is 14.3. The van der Waals surface area contributed by atoms with Crippen LogP contribution in [0.2, 0.25) is 0 Å². The van der Waals surface area contributed by atoms with Gasteiger partial charge in [0, 0.05) is 18.8 Å². The van der Waals surface area contributed by atoms with E-state index in [0.29, 0.717) is 5.82 Å². The second-order valence-electron chi connectivity index (χ2n) is 5.90. The number of hydrogen-bond acceptors (Lipinski definition) is 6. The number of aliphatic carboxylic acids is 1. The molecule has 0 saturated heterocycles. The van der Waals surface area contributed by atoms with Crippen LogP contribution < -0.4 is 9.46 Å². The molecule has 0 atom stereocenters. The van der Waals surface area contributed by atoms with Gasteiger partial charge in [0.1, 0.15) is 0 Å². The number of benzene rings is 1. The molecule has 0 aliphatic heterocycles. The summed E-state index contributed by atoms with van der Waals surface area (Å²) in [5.41, 5.74) is 0.204. The number of carboxylic acid groups (broad SMARTS) is 1. The van der Waals surface area contributed by atoms with Gasteiger partial charge in [0.2, 0.25) is 0 Å². The van der Waals surface area contributed by atoms with E-state index < -0.39 is 21.8 Å². The van der Waals surface area contributed by atoms with E-state index in [0.717, 1.165) is 6.07 Å². The van der Waals surface area contributed by atoms with E-state index in [1.165, 1.54) is 29.1 Å². The number of carboxylic acids is 1. The summed E-state index contributed by atoms with van der Waals surface area (Å²) in [5, 5.41) is 12.6. The highest BCUT2D eigenvalue weighted by molar-refractivity contribution is 7.92. The van der Waals surface area contributed by atoms with Gasteiger partial charge in [-0.15, -0.1) is 0 Å². The van der Waals surface area contributed by atoms with Gasteiger partial charge in [-0.25, -0.2) is 22.5 Å². The van der Waals surface area contributed by atoms with E-state index in [4.69, 9.17) is 9.84 Å². The molecule has 0 fully saturated rings. The summed E-state index contributed by atoms with van der Waals surface area (Å²) in [6.45, 7) is 0.00182. The average Bonchev–Trinajstić information content (AvgIpc) is 3.21. The molecule has 0 unspecified atom stereocenters. The normalized spacial score (nSPS) is 11.2. The van der Waals surface area contributed by atoms with Crippen molar-refractivity contribution in [3.05, 3.63) is 60.8 Å². The van der Waals surface area contributed by atoms with E-state index >= 15 is 0 Å². The molecule has 11 heteroatoms. The number of hydrogen-bond donors (Lipinski definition) is 2. The molecule has 2 N–H and O–H groups in total. The predicted molar refractivity (Wildman–Crippen MR) is 101 cm³/mol. The van der Waals surface area contributed by atoms with Gasteiger partial charge in [-0.05, 0) is 42.8 Å². The van der Waals surface area contributed by atoms with Gasteiger partial charge in [-0.2, -0.15) is 5.10 Å². The quantitative estimate of drug-likeness (QED) is 0.510. The number of nitrogens with zero attached hydrogens (tertiary/aromatic N) is 3. The van der Waals surface area contributed by atoms with Crippen molar-refractivity contribution in [3.63, 3.8) is 0 Å². The lowest BCUT2D eigenvalue weighted by Crippen LogP contribution is -2.14. The van der Waals surface area contributed by atoms with Gasteiger partial charge < -0.3 is 9.84 Å². The number of ether oxygens (including phenoxy) is 1. The van der Waals surface area contributed by atoms with Crippen LogP contribution >= 0.6 is 0 Å². The lowest BCUT2D eigenvalue weighted by Gasteiger charge is -2.11. The highest BCUT2D eigenvalue weighted by atomic mass is 32.2. The number of carbonyl (C=O) groups is 1. The van der Waals surface area contributed by atoms with E-state index in [9.17, 15) is 17.6 Å². The molecule has 0 spiro atoms. The van der Waals surface area contributed by atoms with Crippen LogP contribution in [0.4, 0.5) is 10.1 Å². The molecule has 0 saturated carbocycles. The average molecular weight is 420 g/mol. The lowest BCUT2D eigenvalue weighted by molar-refractivity contribution is -0.137. The number of rotatable bonds is 9. The molecule has 1 aromatic carbocycles. The number of sulfonamides is 1. The Labute approximate surface area is 165 Å². The first-order chi connectivity index (χ1) is 13.8. The van der Waals surface area contributed by atoms with Gasteiger partial charge in [-0.3, -0.25) is 9.52 Å². The molecule has 152 valence electrons. The zero-order valence-electron chi connectivity index (χ0n) is 15.0. The molecule has 29 heavy (non-hydrogen) atoms. The van der Waals surface area contributed by atoms with Gasteiger partial charge >= 0.3 is 5.97 Å². The highest BCUT2D eigenvalue weighted by Crippen LogP contribution is 2.23. The van der Waals surface area contributed by atoms with Gasteiger partial charge in [0.15, 0.2) is 17.4 Å². The Morgan fingerprint density at radius 1 is 1.28 bits per heavy atom. The molecular formula is C18H17FN4O5S. The Morgan fingerprint density at radius 2 is 2.10 bits per heavy atom. The van der Waals surface area contributed by atoms with Crippen molar-refractivity contribution >= 4 is 21.7 Å². The molecule has 0 amide bonds. The maximum Gasteiger partial charge on any atom is 0.303 e. The Morgan fingerprint density at radius 3 is 2.72 bits per heavy atom. The summed E-state index contributed by atoms with van der Waals surface area (Å²) in [5.74, 6) is -1.49. The Kier molecular flexibility index (Phi) is 6.07. The van der Waals surface area contributed by atoms with Crippen molar-refractivity contribution in [2.75, 3.05) is 11.3 Å². The molecule has 2 aromatic heterocycles. The number of pyridine rings is 1. The summed E-state index contributed by atoms with van der Waals surface area (Å²) < 4.78 is 48.1. The van der Waals surface area contributed by atoms with Gasteiger partial charge in [0.05, 0.1) is 23.4 Å². The first-order valence-electron chi connectivity index (χ1n) is 8.48. The molecule has 0 aliphatic rings. The lowest BCUT2D eigenvalue weighted by atomic mass is 10.3. The fourth-order valence-electron chi connectivity index (χ4n) is 2.37. The number of aromatic nitrogens is 3. The van der Waals surface area contributed by atoms with Gasteiger partial charge in [-0.1, -0.05) is 0 Å². The zero-order valence-corrected chi connectivity index (χ0v) is 15.8. The molecule has 0 bridgehead atoms. The van der Waals surface area contributed by atoms with Crippen LogP contribution in [-0.2, 0) is 14.8 Å². The van der Waals surface area contributed by atoms with E-state index in [1.54, 1.807) is 24.5 Å². The van der Waals surface area contributed by atoms with Crippen molar-refractivity contribution in [2.45, 2.75) is 17.7 Å². The number of nitrogens with one attached hydrogen (secondary N) is 1. The minimum Gasteiger partial charge on any atom is -0.491 e. The summed E-state index contributed by atoms with van der Waals surface area (Å²) in [7, 11) is -4.04. The second-order valence-corrected chi connectivity index (χ2v) is 7.58. The standard InChI is InChI=1S/C18H17FN4O5S/c19-15-11-14(5-6-16(15)28-10-1-3-18(24)25)29(26,27)22-13-4-7-17(20-12-13)23-9-2-8-21-23/h2,4-9,11-12,22H,1,3,10H2,(H,24,25). The first-order valence-corrected chi connectivity index (χ1v) is 9.96. The molecule has 3 rings (SSSR count). The molecule has 2 heterocycles. The van der Waals surface area contributed by atoms with Crippen LogP contribution in [0.3, 0.4) is 0 Å². The van der Waals surface area contributed by atoms with Crippen LogP contribution in [0.1, 0.15) is 12.8 Å². The molecule has 9 nitrogen and oxygen atoms in total. The van der Waals surface area contributed by atoms with Crippen molar-refractivity contribution in [2.24, 2.45) is 0 Å². The largest absolute Gasteiger partial charge is 0.491 e. The Balaban J connectivity index is 1.67. The van der Waals surface area contributed by atoms with Crippen LogP contribution in [-0.4, -0.2) is 40.9 Å². The van der Waals surface area contributed by atoms with Crippen molar-refractivity contribution in [1.29, 1.82) is 0 Å². The second kappa shape index (κ2) is 8.69. The minimum absolute atomic E-state index is 0.00182. The molecular weight excluding hydrogens is 403 g/mol. The third kappa shape index (κ3) is 5.29. The maximum atomic E-state index is 14.2. The number of anilines is 1. The van der Waals surface area contributed by atoms with E-state index in [-0.39, 0.29) is 35.8 Å². The van der Waals surface area contributed by atoms with E-state index in [1.807, 2.05) is 0 Å². The third-order valence-electron chi connectivity index (χ3n) is 3.75. The zero-order chi connectivity index (χ0) is 20.9. The fourth-order valence-corrected chi connectivity index (χ4v) is 3.43. The monoisotopic (exact) mass is 420 g/mol. The minimum atomic E-state index is -4.04. The van der Waals surface area contributed by atoms with Crippen LogP contribution in [0.25, 0.3) is 5.82 Å². The Hall–Kier alpha value is -3.47. The van der Waals surface area contributed by atoms with Crippen molar-refractivity contribution in [3.8, 4) is 11.6 Å². The third-order valence-corrected chi connectivity index (χ3v) is 5.12. The van der Waals surface area contributed by atoms with Crippen molar-refractivity contribution in [1.82, 2.24) is 14.8 Å².